The lowest BCUT2D eigenvalue weighted by Gasteiger charge is -2.48. The quantitative estimate of drug-likeness (QED) is 0.448. The summed E-state index contributed by atoms with van der Waals surface area (Å²) in [5.74, 6) is -5.17. The predicted molar refractivity (Wildman–Crippen MR) is 99.9 cm³/mol. The van der Waals surface area contributed by atoms with Crippen LogP contribution in [0.2, 0.25) is 0 Å². The van der Waals surface area contributed by atoms with Gasteiger partial charge in [0.1, 0.15) is 5.58 Å². The third-order valence-electron chi connectivity index (χ3n) is 6.44. The smallest absolute Gasteiger partial charge is 0.422 e. The molecule has 0 aliphatic carbocycles. The average Bonchev–Trinajstić information content (AvgIpc) is 2.57. The number of hydrogen-bond acceptors (Lipinski definition) is 3. The largest absolute Gasteiger partial charge is 0.458 e. The van der Waals surface area contributed by atoms with Crippen molar-refractivity contribution in [3.63, 3.8) is 0 Å². The van der Waals surface area contributed by atoms with Gasteiger partial charge < -0.3 is 9.32 Å². The SMILES string of the molecule is CC1(C)CCN2CCC(C)(C)c3c2c1cc1c(C(F)(F)C(F)(F)F)cc(=O)oc31. The Morgan fingerprint density at radius 1 is 0.966 bits per heavy atom. The van der Waals surface area contributed by atoms with E-state index in [1.807, 2.05) is 27.7 Å². The fourth-order valence-corrected chi connectivity index (χ4v) is 4.60. The molecule has 0 radical (unpaired) electrons. The second-order valence-electron chi connectivity index (χ2n) is 9.33. The van der Waals surface area contributed by atoms with Crippen molar-refractivity contribution < 1.29 is 26.4 Å². The molecule has 0 amide bonds. The molecule has 0 N–H and O–H groups in total. The van der Waals surface area contributed by atoms with E-state index >= 15 is 0 Å². The van der Waals surface area contributed by atoms with Crippen LogP contribution >= 0.6 is 0 Å². The average molecular weight is 415 g/mol. The minimum atomic E-state index is -5.82. The minimum Gasteiger partial charge on any atom is -0.422 e. The lowest BCUT2D eigenvalue weighted by Crippen LogP contribution is -2.45. The van der Waals surface area contributed by atoms with Gasteiger partial charge in [0.15, 0.2) is 0 Å². The molecule has 2 aliphatic heterocycles. The maximum absolute atomic E-state index is 14.4. The summed E-state index contributed by atoms with van der Waals surface area (Å²) in [5, 5.41) is -0.342. The first-order chi connectivity index (χ1) is 13.2. The first-order valence-electron chi connectivity index (χ1n) is 9.53. The Morgan fingerprint density at radius 2 is 1.55 bits per heavy atom. The van der Waals surface area contributed by atoms with E-state index in [0.29, 0.717) is 17.5 Å². The van der Waals surface area contributed by atoms with Crippen LogP contribution < -0.4 is 10.5 Å². The van der Waals surface area contributed by atoms with E-state index in [9.17, 15) is 26.7 Å². The van der Waals surface area contributed by atoms with Crippen LogP contribution in [0.15, 0.2) is 21.3 Å². The van der Waals surface area contributed by atoms with E-state index in [4.69, 9.17) is 4.42 Å². The molecule has 2 aliphatic rings. The molecule has 0 spiro atoms. The third-order valence-corrected chi connectivity index (χ3v) is 6.44. The van der Waals surface area contributed by atoms with E-state index < -0.39 is 34.1 Å². The van der Waals surface area contributed by atoms with Crippen LogP contribution in [0.1, 0.15) is 57.2 Å². The molecule has 0 saturated heterocycles. The van der Waals surface area contributed by atoms with Gasteiger partial charge in [0.25, 0.3) is 0 Å². The van der Waals surface area contributed by atoms with Crippen LogP contribution in [0.5, 0.6) is 0 Å². The lowest BCUT2D eigenvalue weighted by molar-refractivity contribution is -0.288. The molecular weight excluding hydrogens is 393 g/mol. The van der Waals surface area contributed by atoms with Gasteiger partial charge in [-0.1, -0.05) is 27.7 Å². The Hall–Kier alpha value is -2.12. The topological polar surface area (TPSA) is 33.5 Å². The Balaban J connectivity index is 2.21. The molecule has 158 valence electrons. The molecule has 0 fully saturated rings. The van der Waals surface area contributed by atoms with Gasteiger partial charge in [0, 0.05) is 41.4 Å². The molecule has 0 saturated carbocycles. The summed E-state index contributed by atoms with van der Waals surface area (Å²) in [4.78, 5) is 14.2. The van der Waals surface area contributed by atoms with Crippen LogP contribution in [-0.2, 0) is 16.8 Å². The second-order valence-corrected chi connectivity index (χ2v) is 9.33. The minimum absolute atomic E-state index is 0.164. The molecule has 3 nitrogen and oxygen atoms in total. The summed E-state index contributed by atoms with van der Waals surface area (Å²) in [6.45, 7) is 9.20. The van der Waals surface area contributed by atoms with Crippen LogP contribution in [-0.4, -0.2) is 19.3 Å². The molecular formula is C21H22F5NO2. The summed E-state index contributed by atoms with van der Waals surface area (Å²) in [5.41, 5.74) is -1.62. The van der Waals surface area contributed by atoms with Gasteiger partial charge in [-0.25, -0.2) is 4.79 Å². The highest BCUT2D eigenvalue weighted by molar-refractivity contribution is 5.92. The van der Waals surface area contributed by atoms with Crippen molar-refractivity contribution in [3.8, 4) is 0 Å². The first kappa shape index (κ1) is 20.2. The molecule has 4 rings (SSSR count). The number of halogens is 5. The molecule has 29 heavy (non-hydrogen) atoms. The lowest BCUT2D eigenvalue weighted by atomic mass is 9.69. The van der Waals surface area contributed by atoms with E-state index in [2.05, 4.69) is 4.90 Å². The third kappa shape index (κ3) is 2.78. The molecule has 0 unspecified atom stereocenters. The highest BCUT2D eigenvalue weighted by atomic mass is 19.4. The highest BCUT2D eigenvalue weighted by Crippen LogP contribution is 2.54. The number of fused-ring (bicyclic) bond motifs is 2. The van der Waals surface area contributed by atoms with E-state index in [0.717, 1.165) is 25.2 Å². The number of nitrogens with zero attached hydrogens (tertiary/aromatic N) is 1. The van der Waals surface area contributed by atoms with Crippen molar-refractivity contribution in [2.24, 2.45) is 0 Å². The summed E-state index contributed by atoms with van der Waals surface area (Å²) < 4.78 is 73.7. The van der Waals surface area contributed by atoms with Crippen LogP contribution in [0.25, 0.3) is 11.0 Å². The fourth-order valence-electron chi connectivity index (χ4n) is 4.60. The van der Waals surface area contributed by atoms with Crippen LogP contribution in [0.4, 0.5) is 27.6 Å². The zero-order valence-corrected chi connectivity index (χ0v) is 16.6. The zero-order chi connectivity index (χ0) is 21.6. The van der Waals surface area contributed by atoms with Gasteiger partial charge in [-0.2, -0.15) is 22.0 Å². The van der Waals surface area contributed by atoms with E-state index in [1.165, 1.54) is 6.07 Å². The van der Waals surface area contributed by atoms with Crippen LogP contribution in [0.3, 0.4) is 0 Å². The molecule has 1 aromatic carbocycles. The van der Waals surface area contributed by atoms with Gasteiger partial charge >= 0.3 is 17.7 Å². The zero-order valence-electron chi connectivity index (χ0n) is 16.6. The summed E-state index contributed by atoms with van der Waals surface area (Å²) in [6, 6.07) is 1.65. The molecule has 0 atom stereocenters. The summed E-state index contributed by atoms with van der Waals surface area (Å²) in [7, 11) is 0. The highest BCUT2D eigenvalue weighted by Gasteiger charge is 2.60. The molecule has 3 heterocycles. The van der Waals surface area contributed by atoms with Gasteiger partial charge in [-0.3, -0.25) is 0 Å². The van der Waals surface area contributed by atoms with Crippen molar-refractivity contribution >= 4 is 16.7 Å². The number of anilines is 1. The monoisotopic (exact) mass is 415 g/mol. The fraction of sp³-hybridized carbons (Fsp3) is 0.571. The van der Waals surface area contributed by atoms with E-state index in [1.54, 1.807) is 0 Å². The van der Waals surface area contributed by atoms with Gasteiger partial charge in [-0.15, -0.1) is 0 Å². The number of alkyl halides is 5. The number of hydrogen-bond donors (Lipinski definition) is 0. The van der Waals surface area contributed by atoms with Crippen LogP contribution in [0, 0.1) is 0 Å². The standard InChI is InChI=1S/C21H22F5NO2/c1-18(2)5-7-27-8-6-19(3,4)15-16(27)13(18)9-11-12(10-14(28)29-17(11)15)20(22,23)21(24,25)26/h9-10H,5-8H2,1-4H3. The Kier molecular flexibility index (Phi) is 3.98. The normalized spacial score (nSPS) is 20.7. The second kappa shape index (κ2) is 5.73. The molecule has 1 aromatic heterocycles. The van der Waals surface area contributed by atoms with Crippen molar-refractivity contribution in [1.82, 2.24) is 0 Å². The van der Waals surface area contributed by atoms with Gasteiger partial charge in [0.2, 0.25) is 0 Å². The van der Waals surface area contributed by atoms with Crippen molar-refractivity contribution in [3.05, 3.63) is 39.2 Å². The van der Waals surface area contributed by atoms with Crippen molar-refractivity contribution in [1.29, 1.82) is 0 Å². The van der Waals surface area contributed by atoms with Gasteiger partial charge in [0.05, 0.1) is 0 Å². The summed E-state index contributed by atoms with van der Waals surface area (Å²) in [6.07, 6.45) is -4.41. The Labute approximate surface area is 164 Å². The Morgan fingerprint density at radius 3 is 2.14 bits per heavy atom. The first-order valence-corrected chi connectivity index (χ1v) is 9.53. The molecule has 8 heteroatoms. The van der Waals surface area contributed by atoms with Crippen molar-refractivity contribution in [2.45, 2.75) is 63.5 Å². The van der Waals surface area contributed by atoms with E-state index in [-0.39, 0.29) is 17.0 Å². The Bertz CT molecular complexity index is 1060. The number of benzene rings is 1. The molecule has 2 aromatic rings. The maximum Gasteiger partial charge on any atom is 0.458 e. The maximum atomic E-state index is 14.4. The van der Waals surface area contributed by atoms with Crippen molar-refractivity contribution in [2.75, 3.05) is 18.0 Å². The predicted octanol–water partition coefficient (Wildman–Crippen LogP) is 5.62. The number of rotatable bonds is 1. The summed E-state index contributed by atoms with van der Waals surface area (Å²) >= 11 is 0. The van der Waals surface area contributed by atoms with Gasteiger partial charge in [-0.05, 0) is 35.3 Å². The molecule has 0 bridgehead atoms.